The van der Waals surface area contributed by atoms with Crippen molar-refractivity contribution in [2.24, 2.45) is 11.3 Å². The van der Waals surface area contributed by atoms with Gasteiger partial charge in [0, 0.05) is 30.7 Å². The van der Waals surface area contributed by atoms with E-state index in [-0.39, 0.29) is 23.7 Å². The summed E-state index contributed by atoms with van der Waals surface area (Å²) in [6.07, 6.45) is 0.174. The number of hydrogen-bond acceptors (Lipinski definition) is 7. The predicted octanol–water partition coefficient (Wildman–Crippen LogP) is 6.16. The number of alkyl halides is 3. The van der Waals surface area contributed by atoms with Crippen LogP contribution in [0, 0.1) is 18.3 Å². The van der Waals surface area contributed by atoms with E-state index in [1.807, 2.05) is 39.0 Å². The van der Waals surface area contributed by atoms with Crippen molar-refractivity contribution in [2.45, 2.75) is 58.2 Å². The van der Waals surface area contributed by atoms with Gasteiger partial charge in [0.05, 0.1) is 10.4 Å². The molecule has 0 spiro atoms. The lowest BCUT2D eigenvalue weighted by atomic mass is 9.62. The molecule has 3 N–H and O–H groups in total. The molecule has 2 heterocycles. The molecule has 0 unspecified atom stereocenters. The molecule has 36 heavy (non-hydrogen) atoms. The number of carboxylic acids is 1. The van der Waals surface area contributed by atoms with E-state index in [4.69, 9.17) is 0 Å². The molecule has 1 aliphatic carbocycles. The highest BCUT2D eigenvalue weighted by molar-refractivity contribution is 7.15. The van der Waals surface area contributed by atoms with Gasteiger partial charge in [-0.25, -0.2) is 15.0 Å². The summed E-state index contributed by atoms with van der Waals surface area (Å²) < 4.78 is 38.3. The molecular weight excluding hydrogens is 493 g/mol. The summed E-state index contributed by atoms with van der Waals surface area (Å²) in [4.78, 5) is 24.1. The van der Waals surface area contributed by atoms with E-state index in [2.05, 4.69) is 20.3 Å². The van der Waals surface area contributed by atoms with Gasteiger partial charge in [-0.3, -0.25) is 4.79 Å². The van der Waals surface area contributed by atoms with E-state index in [0.29, 0.717) is 30.0 Å². The van der Waals surface area contributed by atoms with Crippen molar-refractivity contribution in [1.29, 1.82) is 0 Å². The van der Waals surface area contributed by atoms with Crippen molar-refractivity contribution < 1.29 is 28.2 Å². The summed E-state index contributed by atoms with van der Waals surface area (Å²) in [5.74, 6) is -0.813. The standard InChI is InChI=1S/C25H27F3N4O3S/c1-14-6-15(8-18(7-14)32-22-30-10-17(11-31-22)25(26,27)28)19-12-29-21(36-19)24(35)5-4-16(9-20(33)34)23(2,3)13-24/h6-8,10-12,16,35H,4-5,9,13H2,1-3H3,(H,33,34)(H,30,31,32)/t16-,24-/m1/s1. The van der Waals surface area contributed by atoms with Crippen LogP contribution in [0.15, 0.2) is 36.8 Å². The van der Waals surface area contributed by atoms with Crippen LogP contribution in [-0.4, -0.2) is 31.1 Å². The minimum Gasteiger partial charge on any atom is -0.481 e. The molecule has 0 radical (unpaired) electrons. The Balaban J connectivity index is 1.54. The lowest BCUT2D eigenvalue weighted by Crippen LogP contribution is -2.42. The Morgan fingerprint density at radius 2 is 1.86 bits per heavy atom. The first-order valence-corrected chi connectivity index (χ1v) is 12.3. The molecule has 7 nitrogen and oxygen atoms in total. The number of rotatable bonds is 6. The highest BCUT2D eigenvalue weighted by Crippen LogP contribution is 2.51. The number of aromatic nitrogens is 3. The Morgan fingerprint density at radius 3 is 2.47 bits per heavy atom. The highest BCUT2D eigenvalue weighted by atomic mass is 32.1. The van der Waals surface area contributed by atoms with Gasteiger partial charge in [0.1, 0.15) is 10.6 Å². The molecule has 0 bridgehead atoms. The molecule has 0 amide bonds. The Morgan fingerprint density at radius 1 is 1.17 bits per heavy atom. The molecule has 2 aromatic heterocycles. The molecule has 3 aromatic rings. The molecule has 0 aliphatic heterocycles. The van der Waals surface area contributed by atoms with E-state index < -0.39 is 23.3 Å². The molecule has 192 valence electrons. The normalized spacial score (nSPS) is 21.8. The number of aliphatic hydroxyl groups is 1. The number of aryl methyl sites for hydroxylation is 1. The topological polar surface area (TPSA) is 108 Å². The summed E-state index contributed by atoms with van der Waals surface area (Å²) in [5.41, 5.74) is -0.0804. The second-order valence-electron chi connectivity index (χ2n) is 10.1. The predicted molar refractivity (Wildman–Crippen MR) is 130 cm³/mol. The minimum atomic E-state index is -4.51. The van der Waals surface area contributed by atoms with Crippen LogP contribution in [0.2, 0.25) is 0 Å². The Hall–Kier alpha value is -3.05. The summed E-state index contributed by atoms with van der Waals surface area (Å²) in [6, 6.07) is 5.60. The zero-order valence-corrected chi connectivity index (χ0v) is 20.9. The molecule has 1 fully saturated rings. The number of carboxylic acid groups (broad SMARTS) is 1. The van der Waals surface area contributed by atoms with Crippen LogP contribution in [0.25, 0.3) is 10.4 Å². The third-order valence-electron chi connectivity index (χ3n) is 6.68. The third kappa shape index (κ3) is 5.67. The van der Waals surface area contributed by atoms with Gasteiger partial charge in [-0.05, 0) is 60.8 Å². The number of nitrogens with zero attached hydrogens (tertiary/aromatic N) is 3. The van der Waals surface area contributed by atoms with Gasteiger partial charge in [0.25, 0.3) is 0 Å². The van der Waals surface area contributed by atoms with Gasteiger partial charge in [0.15, 0.2) is 0 Å². The molecule has 0 saturated heterocycles. The van der Waals surface area contributed by atoms with Gasteiger partial charge in [-0.2, -0.15) is 13.2 Å². The molecular formula is C25H27F3N4O3S. The average molecular weight is 521 g/mol. The molecule has 1 aliphatic rings. The molecule has 1 saturated carbocycles. The first-order chi connectivity index (χ1) is 16.7. The van der Waals surface area contributed by atoms with Crippen molar-refractivity contribution in [3.8, 4) is 10.4 Å². The van der Waals surface area contributed by atoms with Gasteiger partial charge >= 0.3 is 12.1 Å². The maximum absolute atomic E-state index is 12.8. The van der Waals surface area contributed by atoms with E-state index in [0.717, 1.165) is 28.4 Å². The monoisotopic (exact) mass is 520 g/mol. The number of aliphatic carboxylic acids is 1. The number of anilines is 2. The van der Waals surface area contributed by atoms with Crippen molar-refractivity contribution in [1.82, 2.24) is 15.0 Å². The second-order valence-corrected chi connectivity index (χ2v) is 11.1. The van der Waals surface area contributed by atoms with Crippen LogP contribution in [0.4, 0.5) is 24.8 Å². The fourth-order valence-electron chi connectivity index (χ4n) is 4.85. The fourth-order valence-corrected chi connectivity index (χ4v) is 5.87. The Kier molecular flexibility index (Phi) is 6.82. The highest BCUT2D eigenvalue weighted by Gasteiger charge is 2.47. The molecule has 2 atom stereocenters. The van der Waals surface area contributed by atoms with Gasteiger partial charge in [-0.15, -0.1) is 11.3 Å². The summed E-state index contributed by atoms with van der Waals surface area (Å²) in [7, 11) is 0. The van der Waals surface area contributed by atoms with Gasteiger partial charge in [-0.1, -0.05) is 19.9 Å². The van der Waals surface area contributed by atoms with Crippen molar-refractivity contribution in [3.05, 3.63) is 52.9 Å². The quantitative estimate of drug-likeness (QED) is 0.357. The van der Waals surface area contributed by atoms with Crippen molar-refractivity contribution in [2.75, 3.05) is 5.32 Å². The Bertz CT molecular complexity index is 1260. The Labute approximate surface area is 210 Å². The van der Waals surface area contributed by atoms with Gasteiger partial charge < -0.3 is 15.5 Å². The van der Waals surface area contributed by atoms with Crippen LogP contribution < -0.4 is 5.32 Å². The number of halogens is 3. The third-order valence-corrected chi connectivity index (χ3v) is 7.92. The first kappa shape index (κ1) is 26.0. The number of benzene rings is 1. The van der Waals surface area contributed by atoms with E-state index in [1.165, 1.54) is 11.3 Å². The molecule has 1 aromatic carbocycles. The van der Waals surface area contributed by atoms with Crippen LogP contribution >= 0.6 is 11.3 Å². The molecule has 4 rings (SSSR count). The van der Waals surface area contributed by atoms with Crippen LogP contribution in [-0.2, 0) is 16.6 Å². The lowest BCUT2D eigenvalue weighted by molar-refractivity contribution is -0.142. The molecule has 11 heteroatoms. The smallest absolute Gasteiger partial charge is 0.419 e. The van der Waals surface area contributed by atoms with E-state index in [1.54, 1.807) is 6.20 Å². The average Bonchev–Trinajstić information content (AvgIpc) is 3.26. The van der Waals surface area contributed by atoms with E-state index >= 15 is 0 Å². The maximum Gasteiger partial charge on any atom is 0.419 e. The summed E-state index contributed by atoms with van der Waals surface area (Å²) >= 11 is 1.37. The number of nitrogens with one attached hydrogen (secondary N) is 1. The van der Waals surface area contributed by atoms with Crippen LogP contribution in [0.1, 0.15) is 55.7 Å². The second kappa shape index (κ2) is 9.44. The zero-order chi connectivity index (χ0) is 26.3. The summed E-state index contributed by atoms with van der Waals surface area (Å²) in [5, 5.41) is 24.2. The largest absolute Gasteiger partial charge is 0.481 e. The number of carbonyl (C=O) groups is 1. The lowest BCUT2D eigenvalue weighted by Gasteiger charge is -2.45. The number of hydrogen-bond donors (Lipinski definition) is 3. The van der Waals surface area contributed by atoms with Crippen molar-refractivity contribution in [3.63, 3.8) is 0 Å². The van der Waals surface area contributed by atoms with Gasteiger partial charge in [0.2, 0.25) is 5.95 Å². The maximum atomic E-state index is 12.8. The van der Waals surface area contributed by atoms with E-state index in [9.17, 15) is 28.2 Å². The van der Waals surface area contributed by atoms with Crippen molar-refractivity contribution >= 4 is 28.9 Å². The van der Waals surface area contributed by atoms with Crippen LogP contribution in [0.3, 0.4) is 0 Å². The van der Waals surface area contributed by atoms with Crippen LogP contribution in [0.5, 0.6) is 0 Å². The summed E-state index contributed by atoms with van der Waals surface area (Å²) in [6.45, 7) is 5.87. The SMILES string of the molecule is Cc1cc(Nc2ncc(C(F)(F)F)cn2)cc(-c2cnc([C@@]3(O)CC[C@H](CC(=O)O)C(C)(C)C3)s2)c1. The first-order valence-electron chi connectivity index (χ1n) is 11.4. The zero-order valence-electron chi connectivity index (χ0n) is 20.1. The fraction of sp³-hybridized carbons (Fsp3) is 0.440. The number of thiazole rings is 1. The minimum absolute atomic E-state index is 0.0208.